The number of nitrogens with zero attached hydrogens (tertiary/aromatic N) is 2. The molecule has 1 aromatic heterocycles. The summed E-state index contributed by atoms with van der Waals surface area (Å²) in [5, 5.41) is 9.53. The molecule has 2 N–H and O–H groups in total. The van der Waals surface area contributed by atoms with Crippen LogP contribution in [0.25, 0.3) is 0 Å². The highest BCUT2D eigenvalue weighted by Gasteiger charge is 2.38. The highest BCUT2D eigenvalue weighted by Crippen LogP contribution is 2.40. The number of ether oxygens (including phenoxy) is 3. The summed E-state index contributed by atoms with van der Waals surface area (Å²) in [5.74, 6) is -2.23. The quantitative estimate of drug-likeness (QED) is 0.762. The van der Waals surface area contributed by atoms with E-state index in [-0.39, 0.29) is 42.4 Å². The first-order valence-electron chi connectivity index (χ1n) is 8.06. The third kappa shape index (κ3) is 4.00. The van der Waals surface area contributed by atoms with Crippen molar-refractivity contribution in [3.63, 3.8) is 0 Å². The van der Waals surface area contributed by atoms with Gasteiger partial charge in [-0.3, -0.25) is 9.78 Å². The molecular formula is C18H19N3O5. The smallest absolute Gasteiger partial charge is 0.338 e. The number of rotatable bonds is 6. The van der Waals surface area contributed by atoms with Crippen LogP contribution in [0.5, 0.6) is 0 Å². The van der Waals surface area contributed by atoms with E-state index >= 15 is 0 Å². The number of hydrogen-bond acceptors (Lipinski definition) is 8. The van der Waals surface area contributed by atoms with E-state index < -0.39 is 17.9 Å². The minimum Gasteiger partial charge on any atom is -0.466 e. The fraction of sp³-hybridized carbons (Fsp3) is 0.333. The molecule has 26 heavy (non-hydrogen) atoms. The fourth-order valence-corrected chi connectivity index (χ4v) is 2.61. The Balaban J connectivity index is 2.60. The van der Waals surface area contributed by atoms with Crippen LogP contribution >= 0.6 is 0 Å². The van der Waals surface area contributed by atoms with Gasteiger partial charge in [-0.05, 0) is 31.5 Å². The molecule has 0 spiro atoms. The van der Waals surface area contributed by atoms with E-state index in [0.717, 1.165) is 0 Å². The van der Waals surface area contributed by atoms with Gasteiger partial charge in [-0.25, -0.2) is 4.79 Å². The van der Waals surface area contributed by atoms with Crippen molar-refractivity contribution in [2.24, 2.45) is 5.73 Å². The Morgan fingerprint density at radius 1 is 1.27 bits per heavy atom. The number of nitriles is 1. The molecule has 8 nitrogen and oxygen atoms in total. The largest absolute Gasteiger partial charge is 0.466 e. The fourth-order valence-electron chi connectivity index (χ4n) is 2.61. The molecule has 1 unspecified atom stereocenters. The van der Waals surface area contributed by atoms with Crippen LogP contribution < -0.4 is 5.73 Å². The van der Waals surface area contributed by atoms with Gasteiger partial charge in [0.05, 0.1) is 24.7 Å². The molecule has 0 radical (unpaired) electrons. The van der Waals surface area contributed by atoms with Crippen molar-refractivity contribution in [1.82, 2.24) is 4.98 Å². The van der Waals surface area contributed by atoms with E-state index in [2.05, 4.69) is 4.98 Å². The Labute approximate surface area is 150 Å². The Morgan fingerprint density at radius 3 is 2.50 bits per heavy atom. The van der Waals surface area contributed by atoms with Crippen molar-refractivity contribution in [3.05, 3.63) is 52.9 Å². The van der Waals surface area contributed by atoms with Crippen LogP contribution in [-0.4, -0.2) is 30.1 Å². The molecule has 1 aliphatic rings. The number of aromatic nitrogens is 1. The lowest BCUT2D eigenvalue weighted by Gasteiger charge is -2.27. The molecule has 8 heteroatoms. The summed E-state index contributed by atoms with van der Waals surface area (Å²) in [4.78, 5) is 28.5. The molecule has 0 amide bonds. The monoisotopic (exact) mass is 357 g/mol. The molecular weight excluding hydrogens is 338 g/mol. The molecule has 0 saturated carbocycles. The first kappa shape index (κ1) is 19.0. The van der Waals surface area contributed by atoms with Gasteiger partial charge >= 0.3 is 11.9 Å². The average molecular weight is 357 g/mol. The van der Waals surface area contributed by atoms with Gasteiger partial charge in [-0.15, -0.1) is 0 Å². The van der Waals surface area contributed by atoms with E-state index in [1.165, 1.54) is 12.4 Å². The third-order valence-corrected chi connectivity index (χ3v) is 3.64. The van der Waals surface area contributed by atoms with Crippen molar-refractivity contribution in [2.45, 2.75) is 26.2 Å². The molecule has 0 bridgehead atoms. The lowest BCUT2D eigenvalue weighted by molar-refractivity contribution is -0.143. The van der Waals surface area contributed by atoms with Crippen LogP contribution in [0.3, 0.4) is 0 Å². The van der Waals surface area contributed by atoms with Crippen molar-refractivity contribution in [2.75, 3.05) is 13.2 Å². The first-order chi connectivity index (χ1) is 12.5. The second-order valence-electron chi connectivity index (χ2n) is 5.24. The SMILES string of the molecule is CCOC(=O)CC1=C(C(=O)OCC)C(c2ccncc2)C(C#N)=C(N)O1. The number of carbonyl (C=O) groups excluding carboxylic acids is 2. The molecule has 0 fully saturated rings. The van der Waals surface area contributed by atoms with E-state index in [1.54, 1.807) is 26.0 Å². The zero-order valence-electron chi connectivity index (χ0n) is 14.5. The molecule has 0 aliphatic carbocycles. The topological polar surface area (TPSA) is 125 Å². The summed E-state index contributed by atoms with van der Waals surface area (Å²) in [6, 6.07) is 5.29. The number of hydrogen-bond donors (Lipinski definition) is 1. The molecule has 1 aliphatic heterocycles. The van der Waals surface area contributed by atoms with Gasteiger partial charge in [0.15, 0.2) is 0 Å². The maximum absolute atomic E-state index is 12.6. The maximum Gasteiger partial charge on any atom is 0.338 e. The van der Waals surface area contributed by atoms with Crippen LogP contribution in [0.2, 0.25) is 0 Å². The van der Waals surface area contributed by atoms with Gasteiger partial charge in [0.2, 0.25) is 5.88 Å². The lowest BCUT2D eigenvalue weighted by Crippen LogP contribution is -2.27. The molecule has 2 heterocycles. The van der Waals surface area contributed by atoms with E-state index in [4.69, 9.17) is 19.9 Å². The minimum absolute atomic E-state index is 0.0141. The predicted octanol–water partition coefficient (Wildman–Crippen LogP) is 1.66. The zero-order chi connectivity index (χ0) is 19.1. The second-order valence-corrected chi connectivity index (χ2v) is 5.24. The van der Waals surface area contributed by atoms with Crippen LogP contribution in [-0.2, 0) is 23.8 Å². The molecule has 136 valence electrons. The Bertz CT molecular complexity index is 793. The van der Waals surface area contributed by atoms with Crippen LogP contribution in [0, 0.1) is 11.3 Å². The summed E-state index contributed by atoms with van der Waals surface area (Å²) < 4.78 is 15.5. The van der Waals surface area contributed by atoms with Gasteiger partial charge in [-0.1, -0.05) is 0 Å². The first-order valence-corrected chi connectivity index (χ1v) is 8.06. The third-order valence-electron chi connectivity index (χ3n) is 3.64. The van der Waals surface area contributed by atoms with Gasteiger partial charge in [-0.2, -0.15) is 5.26 Å². The van der Waals surface area contributed by atoms with Crippen LogP contribution in [0.1, 0.15) is 31.7 Å². The zero-order valence-corrected chi connectivity index (χ0v) is 14.5. The van der Waals surface area contributed by atoms with Crippen molar-refractivity contribution < 1.29 is 23.8 Å². The van der Waals surface area contributed by atoms with Crippen LogP contribution in [0.4, 0.5) is 0 Å². The number of pyridine rings is 1. The normalized spacial score (nSPS) is 16.6. The lowest BCUT2D eigenvalue weighted by atomic mass is 9.83. The summed E-state index contributed by atoms with van der Waals surface area (Å²) in [5.41, 5.74) is 6.59. The maximum atomic E-state index is 12.6. The van der Waals surface area contributed by atoms with Gasteiger partial charge in [0.25, 0.3) is 0 Å². The van der Waals surface area contributed by atoms with Crippen molar-refractivity contribution >= 4 is 11.9 Å². The average Bonchev–Trinajstić information content (AvgIpc) is 2.62. The standard InChI is InChI=1S/C18H19N3O5/c1-3-24-14(22)9-13-16(18(23)25-4-2)15(11-5-7-21-8-6-11)12(10-19)17(20)26-13/h5-8,15H,3-4,9,20H2,1-2H3. The summed E-state index contributed by atoms with van der Waals surface area (Å²) >= 11 is 0. The minimum atomic E-state index is -0.819. The highest BCUT2D eigenvalue weighted by atomic mass is 16.5. The van der Waals surface area contributed by atoms with Gasteiger partial charge in [0.1, 0.15) is 23.8 Å². The number of esters is 2. The van der Waals surface area contributed by atoms with Gasteiger partial charge in [0, 0.05) is 12.4 Å². The van der Waals surface area contributed by atoms with E-state index in [9.17, 15) is 14.9 Å². The second kappa shape index (κ2) is 8.67. The molecule has 0 saturated heterocycles. The van der Waals surface area contributed by atoms with E-state index in [0.29, 0.717) is 5.56 Å². The highest BCUT2D eigenvalue weighted by molar-refractivity contribution is 5.93. The van der Waals surface area contributed by atoms with Crippen molar-refractivity contribution in [1.29, 1.82) is 5.26 Å². The van der Waals surface area contributed by atoms with Gasteiger partial charge < -0.3 is 19.9 Å². The molecule has 1 atom stereocenters. The van der Waals surface area contributed by atoms with Crippen LogP contribution in [0.15, 0.2) is 47.3 Å². The Hall–Kier alpha value is -3.34. The Kier molecular flexibility index (Phi) is 6.33. The number of allylic oxidation sites excluding steroid dienone is 1. The number of carbonyl (C=O) groups is 2. The summed E-state index contributed by atoms with van der Waals surface area (Å²) in [6.45, 7) is 3.63. The summed E-state index contributed by atoms with van der Waals surface area (Å²) in [6.07, 6.45) is 2.76. The predicted molar refractivity (Wildman–Crippen MR) is 89.8 cm³/mol. The molecule has 0 aromatic carbocycles. The number of nitrogens with two attached hydrogens (primary N) is 1. The van der Waals surface area contributed by atoms with E-state index in [1.807, 2.05) is 6.07 Å². The molecule has 1 aromatic rings. The summed E-state index contributed by atoms with van der Waals surface area (Å²) in [7, 11) is 0. The Morgan fingerprint density at radius 2 is 1.92 bits per heavy atom. The van der Waals surface area contributed by atoms with Crippen molar-refractivity contribution in [3.8, 4) is 6.07 Å². The molecule has 2 rings (SSSR count).